The van der Waals surface area contributed by atoms with Crippen LogP contribution in [-0.4, -0.2) is 35.7 Å². The second-order valence-corrected chi connectivity index (χ2v) is 8.95. The summed E-state index contributed by atoms with van der Waals surface area (Å²) in [6.07, 6.45) is 3.30. The fourth-order valence-electron chi connectivity index (χ4n) is 5.11. The van der Waals surface area contributed by atoms with Gasteiger partial charge in [0.1, 0.15) is 5.75 Å². The van der Waals surface area contributed by atoms with Gasteiger partial charge >= 0.3 is 0 Å². The van der Waals surface area contributed by atoms with E-state index in [-0.39, 0.29) is 16.7 Å². The molecule has 0 spiro atoms. The van der Waals surface area contributed by atoms with Crippen molar-refractivity contribution in [2.24, 2.45) is 10.8 Å². The van der Waals surface area contributed by atoms with Gasteiger partial charge in [-0.15, -0.1) is 0 Å². The van der Waals surface area contributed by atoms with Crippen molar-refractivity contribution < 1.29 is 14.1 Å². The number of methoxy groups -OCH3 is 1. The molecule has 26 heavy (non-hydrogen) atoms. The highest BCUT2D eigenvalue weighted by Gasteiger charge is 2.51. The molecule has 1 aromatic carbocycles. The van der Waals surface area contributed by atoms with Gasteiger partial charge in [-0.3, -0.25) is 4.79 Å². The normalized spacial score (nSPS) is 26.8. The number of carbonyl (C=O) groups excluding carboxylic acids is 1. The fraction of sp³-hybridized carbons (Fsp3) is 0.524. The lowest BCUT2D eigenvalue weighted by atomic mass is 9.65. The van der Waals surface area contributed by atoms with E-state index in [9.17, 15) is 4.79 Å². The van der Waals surface area contributed by atoms with E-state index in [2.05, 4.69) is 25.9 Å². The lowest BCUT2D eigenvalue weighted by Crippen LogP contribution is -2.37. The van der Waals surface area contributed by atoms with Gasteiger partial charge in [-0.2, -0.15) is 0 Å². The Balaban J connectivity index is 1.55. The molecule has 0 N–H and O–H groups in total. The Labute approximate surface area is 154 Å². The first-order chi connectivity index (χ1) is 12.3. The molecule has 2 atom stereocenters. The van der Waals surface area contributed by atoms with E-state index in [1.165, 1.54) is 0 Å². The van der Waals surface area contributed by atoms with Gasteiger partial charge in [0.25, 0.3) is 5.91 Å². The molecule has 138 valence electrons. The van der Waals surface area contributed by atoms with Gasteiger partial charge in [0.15, 0.2) is 11.5 Å². The first kappa shape index (κ1) is 17.1. The molecule has 2 bridgehead atoms. The summed E-state index contributed by atoms with van der Waals surface area (Å²) in [6, 6.07) is 9.59. The number of rotatable bonds is 3. The van der Waals surface area contributed by atoms with E-state index in [1.54, 1.807) is 13.2 Å². The number of hydrogen-bond donors (Lipinski definition) is 0. The second kappa shape index (κ2) is 5.86. The van der Waals surface area contributed by atoms with Crippen LogP contribution in [0.1, 0.15) is 50.5 Å². The molecule has 0 radical (unpaired) electrons. The summed E-state index contributed by atoms with van der Waals surface area (Å²) in [4.78, 5) is 15.1. The maximum Gasteiger partial charge on any atom is 0.276 e. The lowest BCUT2D eigenvalue weighted by Gasteiger charge is -2.39. The Morgan fingerprint density at radius 1 is 1.23 bits per heavy atom. The van der Waals surface area contributed by atoms with Gasteiger partial charge in [0.2, 0.25) is 0 Å². The Hall–Kier alpha value is -2.30. The van der Waals surface area contributed by atoms with Crippen molar-refractivity contribution in [3.05, 3.63) is 36.0 Å². The fourth-order valence-corrected chi connectivity index (χ4v) is 5.11. The molecule has 1 aromatic heterocycles. The van der Waals surface area contributed by atoms with Crippen LogP contribution in [0.3, 0.4) is 0 Å². The topological polar surface area (TPSA) is 55.6 Å². The summed E-state index contributed by atoms with van der Waals surface area (Å²) < 4.78 is 10.6. The van der Waals surface area contributed by atoms with E-state index >= 15 is 0 Å². The number of benzene rings is 1. The molecule has 1 aliphatic carbocycles. The van der Waals surface area contributed by atoms with Gasteiger partial charge in [0, 0.05) is 24.2 Å². The van der Waals surface area contributed by atoms with Crippen molar-refractivity contribution in [2.75, 3.05) is 13.7 Å². The molecule has 5 heteroatoms. The number of likely N-dealkylation sites (tertiary alicyclic amines) is 1. The second-order valence-electron chi connectivity index (χ2n) is 8.95. The van der Waals surface area contributed by atoms with Crippen molar-refractivity contribution in [1.29, 1.82) is 0 Å². The van der Waals surface area contributed by atoms with Crippen LogP contribution in [0.2, 0.25) is 0 Å². The predicted octanol–water partition coefficient (Wildman–Crippen LogP) is 4.39. The zero-order valence-corrected chi connectivity index (χ0v) is 15.9. The average molecular weight is 354 g/mol. The smallest absolute Gasteiger partial charge is 0.276 e. The first-order valence-electron chi connectivity index (χ1n) is 9.21. The van der Waals surface area contributed by atoms with Crippen LogP contribution in [0.25, 0.3) is 11.3 Å². The van der Waals surface area contributed by atoms with Gasteiger partial charge in [-0.1, -0.05) is 25.9 Å². The minimum absolute atomic E-state index is 0.0139. The van der Waals surface area contributed by atoms with Gasteiger partial charge in [0.05, 0.1) is 7.11 Å². The SMILES string of the molecule is COc1ccc(-c2cc(C(=O)N3C[C@@]4(C)C[C@@H]3CC(C)(C)C4)no2)cc1. The molecule has 1 saturated carbocycles. The summed E-state index contributed by atoms with van der Waals surface area (Å²) in [5.41, 5.74) is 1.77. The predicted molar refractivity (Wildman–Crippen MR) is 99.1 cm³/mol. The molecule has 2 fully saturated rings. The minimum Gasteiger partial charge on any atom is -0.497 e. The zero-order valence-electron chi connectivity index (χ0n) is 15.9. The number of nitrogens with zero attached hydrogens (tertiary/aromatic N) is 2. The van der Waals surface area contributed by atoms with E-state index < -0.39 is 0 Å². The maximum atomic E-state index is 13.1. The van der Waals surface area contributed by atoms with Crippen molar-refractivity contribution >= 4 is 5.91 Å². The van der Waals surface area contributed by atoms with E-state index in [1.807, 2.05) is 29.2 Å². The van der Waals surface area contributed by atoms with Crippen molar-refractivity contribution in [3.63, 3.8) is 0 Å². The quantitative estimate of drug-likeness (QED) is 0.820. The Kier molecular flexibility index (Phi) is 3.86. The van der Waals surface area contributed by atoms with Crippen LogP contribution in [-0.2, 0) is 0 Å². The summed E-state index contributed by atoms with van der Waals surface area (Å²) in [6.45, 7) is 7.73. The largest absolute Gasteiger partial charge is 0.497 e. The highest BCUT2D eigenvalue weighted by molar-refractivity contribution is 5.93. The summed E-state index contributed by atoms with van der Waals surface area (Å²) in [5, 5.41) is 4.06. The van der Waals surface area contributed by atoms with Crippen LogP contribution in [0, 0.1) is 10.8 Å². The van der Waals surface area contributed by atoms with E-state index in [4.69, 9.17) is 9.26 Å². The third-order valence-electron chi connectivity index (χ3n) is 5.78. The molecule has 1 saturated heterocycles. The van der Waals surface area contributed by atoms with E-state index in [0.29, 0.717) is 17.5 Å². The molecule has 0 unspecified atom stereocenters. The first-order valence-corrected chi connectivity index (χ1v) is 9.21. The lowest BCUT2D eigenvalue weighted by molar-refractivity contribution is 0.0698. The van der Waals surface area contributed by atoms with Crippen LogP contribution < -0.4 is 4.74 Å². The van der Waals surface area contributed by atoms with Crippen LogP contribution >= 0.6 is 0 Å². The third-order valence-corrected chi connectivity index (χ3v) is 5.78. The Morgan fingerprint density at radius 2 is 1.96 bits per heavy atom. The Morgan fingerprint density at radius 3 is 2.65 bits per heavy atom. The molecule has 2 heterocycles. The molecule has 2 aliphatic rings. The molecule has 5 nitrogen and oxygen atoms in total. The van der Waals surface area contributed by atoms with Gasteiger partial charge in [-0.05, 0) is 54.4 Å². The van der Waals surface area contributed by atoms with Crippen molar-refractivity contribution in [3.8, 4) is 17.1 Å². The average Bonchev–Trinajstić information content (AvgIpc) is 3.16. The molecule has 4 rings (SSSR count). The number of fused-ring (bicyclic) bond motifs is 2. The number of carbonyl (C=O) groups is 1. The highest BCUT2D eigenvalue weighted by atomic mass is 16.5. The van der Waals surface area contributed by atoms with Gasteiger partial charge in [-0.25, -0.2) is 0 Å². The molecule has 1 aliphatic heterocycles. The van der Waals surface area contributed by atoms with Crippen molar-refractivity contribution in [2.45, 2.75) is 46.1 Å². The standard InChI is InChI=1S/C21H26N2O3/c1-20(2)10-15-11-21(3,12-20)13-23(15)19(24)17-9-18(26-22-17)14-5-7-16(25-4)8-6-14/h5-9,15H,10-13H2,1-4H3/t15-,21-/m0/s1. The third kappa shape index (κ3) is 3.00. The monoisotopic (exact) mass is 354 g/mol. The van der Waals surface area contributed by atoms with E-state index in [0.717, 1.165) is 37.1 Å². The summed E-state index contributed by atoms with van der Waals surface area (Å²) in [7, 11) is 1.63. The molecular weight excluding hydrogens is 328 g/mol. The zero-order chi connectivity index (χ0) is 18.5. The van der Waals surface area contributed by atoms with Crippen LogP contribution in [0.15, 0.2) is 34.9 Å². The highest BCUT2D eigenvalue weighted by Crippen LogP contribution is 2.52. The van der Waals surface area contributed by atoms with Gasteiger partial charge < -0.3 is 14.2 Å². The molecular formula is C21H26N2O3. The van der Waals surface area contributed by atoms with Crippen LogP contribution in [0.5, 0.6) is 5.75 Å². The number of aromatic nitrogens is 1. The number of amides is 1. The van der Waals surface area contributed by atoms with Crippen molar-refractivity contribution in [1.82, 2.24) is 10.1 Å². The summed E-state index contributed by atoms with van der Waals surface area (Å²) in [5.74, 6) is 1.37. The number of ether oxygens (including phenoxy) is 1. The van der Waals surface area contributed by atoms with Crippen LogP contribution in [0.4, 0.5) is 0 Å². The maximum absolute atomic E-state index is 13.1. The number of hydrogen-bond acceptors (Lipinski definition) is 4. The minimum atomic E-state index is -0.0139. The summed E-state index contributed by atoms with van der Waals surface area (Å²) >= 11 is 0. The molecule has 2 aromatic rings. The Bertz CT molecular complexity index is 824. The molecule has 1 amide bonds.